The van der Waals surface area contributed by atoms with Crippen molar-refractivity contribution in [3.8, 4) is 0 Å². The van der Waals surface area contributed by atoms with Crippen LogP contribution in [0.5, 0.6) is 0 Å². The number of nitrogens with one attached hydrogen (secondary N) is 1. The van der Waals surface area contributed by atoms with E-state index in [9.17, 15) is 4.79 Å². The summed E-state index contributed by atoms with van der Waals surface area (Å²) in [6.45, 7) is 0. The molecule has 0 aliphatic rings. The zero-order valence-corrected chi connectivity index (χ0v) is 13.2. The van der Waals surface area contributed by atoms with Crippen molar-refractivity contribution in [2.24, 2.45) is 0 Å². The minimum Gasteiger partial charge on any atom is -0.469 e. The molecule has 1 amide bonds. The van der Waals surface area contributed by atoms with E-state index >= 15 is 0 Å². The van der Waals surface area contributed by atoms with Gasteiger partial charge in [0.15, 0.2) is 0 Å². The average Bonchev–Trinajstić information content (AvgIpc) is 2.84. The molecule has 0 aliphatic heterocycles. The minimum absolute atomic E-state index is 0.0143. The number of furan rings is 1. The second-order valence-corrected chi connectivity index (χ2v) is 5.77. The van der Waals surface area contributed by atoms with Gasteiger partial charge in [-0.1, -0.05) is 0 Å². The summed E-state index contributed by atoms with van der Waals surface area (Å²) in [4.78, 5) is 11.7. The van der Waals surface area contributed by atoms with Crippen LogP contribution >= 0.6 is 38.5 Å². The van der Waals surface area contributed by atoms with Crippen LogP contribution in [0.15, 0.2) is 45.5 Å². The van der Waals surface area contributed by atoms with Crippen molar-refractivity contribution >= 4 is 50.1 Å². The van der Waals surface area contributed by atoms with Gasteiger partial charge in [0.2, 0.25) is 5.91 Å². The first-order chi connectivity index (χ1) is 8.65. The number of amides is 1. The highest BCUT2D eigenvalue weighted by atomic mass is 127. The Labute approximate surface area is 127 Å². The molecule has 5 heteroatoms. The van der Waals surface area contributed by atoms with Gasteiger partial charge in [0.05, 0.1) is 6.26 Å². The Morgan fingerprint density at radius 3 is 2.89 bits per heavy atom. The monoisotopic (exact) mass is 419 g/mol. The zero-order chi connectivity index (χ0) is 13.0. The Morgan fingerprint density at radius 2 is 2.22 bits per heavy atom. The van der Waals surface area contributed by atoms with Gasteiger partial charge in [-0.05, 0) is 68.9 Å². The summed E-state index contributed by atoms with van der Waals surface area (Å²) in [5.74, 6) is 0.813. The molecule has 1 aromatic heterocycles. The first-order valence-electron chi connectivity index (χ1n) is 5.42. The van der Waals surface area contributed by atoms with Gasteiger partial charge in [-0.25, -0.2) is 0 Å². The predicted octanol–water partition coefficient (Wildman–Crippen LogP) is 4.22. The minimum atomic E-state index is -0.0143. The van der Waals surface area contributed by atoms with Gasteiger partial charge in [-0.2, -0.15) is 0 Å². The highest BCUT2D eigenvalue weighted by Gasteiger charge is 2.05. The lowest BCUT2D eigenvalue weighted by Gasteiger charge is -2.05. The van der Waals surface area contributed by atoms with Crippen LogP contribution in [0.4, 0.5) is 5.69 Å². The number of hydrogen-bond donors (Lipinski definition) is 1. The molecule has 18 heavy (non-hydrogen) atoms. The Bertz CT molecular complexity index is 540. The van der Waals surface area contributed by atoms with Gasteiger partial charge < -0.3 is 9.73 Å². The first kappa shape index (κ1) is 13.6. The second-order valence-electron chi connectivity index (χ2n) is 3.76. The van der Waals surface area contributed by atoms with Crippen LogP contribution in [-0.2, 0) is 11.2 Å². The van der Waals surface area contributed by atoms with Crippen molar-refractivity contribution < 1.29 is 9.21 Å². The fourth-order valence-corrected chi connectivity index (χ4v) is 2.20. The van der Waals surface area contributed by atoms with Gasteiger partial charge in [0.25, 0.3) is 0 Å². The Balaban J connectivity index is 1.88. The average molecular weight is 420 g/mol. The fourth-order valence-electron chi connectivity index (χ4n) is 1.49. The Morgan fingerprint density at radius 1 is 1.39 bits per heavy atom. The lowest BCUT2D eigenvalue weighted by molar-refractivity contribution is -0.116. The molecule has 2 rings (SSSR count). The lowest BCUT2D eigenvalue weighted by atomic mass is 10.2. The van der Waals surface area contributed by atoms with Crippen LogP contribution in [0.25, 0.3) is 0 Å². The second kappa shape index (κ2) is 6.38. The van der Waals surface area contributed by atoms with Crippen molar-refractivity contribution in [1.29, 1.82) is 0 Å². The molecular formula is C13H11BrINO2. The summed E-state index contributed by atoms with van der Waals surface area (Å²) in [5, 5.41) is 2.86. The third-order valence-corrected chi connectivity index (χ3v) is 4.72. The molecule has 94 valence electrons. The summed E-state index contributed by atoms with van der Waals surface area (Å²) < 4.78 is 7.27. The summed E-state index contributed by atoms with van der Waals surface area (Å²) in [6.07, 6.45) is 2.64. The number of halogens is 2. The third kappa shape index (κ3) is 3.84. The molecule has 0 aliphatic carbocycles. The third-order valence-electron chi connectivity index (χ3n) is 2.38. The van der Waals surface area contributed by atoms with E-state index < -0.39 is 0 Å². The van der Waals surface area contributed by atoms with Crippen LogP contribution in [0, 0.1) is 3.57 Å². The summed E-state index contributed by atoms with van der Waals surface area (Å²) in [6, 6.07) is 9.43. The predicted molar refractivity (Wildman–Crippen MR) is 82.5 cm³/mol. The van der Waals surface area contributed by atoms with Crippen molar-refractivity contribution in [3.05, 3.63) is 50.4 Å². The lowest BCUT2D eigenvalue weighted by Crippen LogP contribution is -2.12. The van der Waals surface area contributed by atoms with E-state index in [4.69, 9.17) is 4.42 Å². The standard InChI is InChI=1S/C13H11BrINO2/c14-11-8-9(3-5-12(11)15)16-13(17)6-4-10-2-1-7-18-10/h1-3,5,7-8H,4,6H2,(H,16,17). The quantitative estimate of drug-likeness (QED) is 0.754. The van der Waals surface area contributed by atoms with Crippen LogP contribution in [0.1, 0.15) is 12.2 Å². The van der Waals surface area contributed by atoms with Gasteiger partial charge in [0.1, 0.15) is 5.76 Å². The Hall–Kier alpha value is -0.820. The fraction of sp³-hybridized carbons (Fsp3) is 0.154. The van der Waals surface area contributed by atoms with Crippen LogP contribution in [0.2, 0.25) is 0 Å². The number of rotatable bonds is 4. The van der Waals surface area contributed by atoms with Crippen molar-refractivity contribution in [2.75, 3.05) is 5.32 Å². The summed E-state index contributed by atoms with van der Waals surface area (Å²) >= 11 is 5.66. The number of hydrogen-bond acceptors (Lipinski definition) is 2. The highest BCUT2D eigenvalue weighted by molar-refractivity contribution is 14.1. The number of carbonyl (C=O) groups is 1. The zero-order valence-electron chi connectivity index (χ0n) is 9.45. The van der Waals surface area contributed by atoms with Crippen molar-refractivity contribution in [1.82, 2.24) is 0 Å². The van der Waals surface area contributed by atoms with E-state index in [0.29, 0.717) is 12.8 Å². The van der Waals surface area contributed by atoms with Crippen LogP contribution in [-0.4, -0.2) is 5.91 Å². The number of carbonyl (C=O) groups excluding carboxylic acids is 1. The molecule has 0 unspecified atom stereocenters. The summed E-state index contributed by atoms with van der Waals surface area (Å²) in [7, 11) is 0. The topological polar surface area (TPSA) is 42.2 Å². The van der Waals surface area contributed by atoms with Crippen LogP contribution in [0.3, 0.4) is 0 Å². The largest absolute Gasteiger partial charge is 0.469 e. The van der Waals surface area contributed by atoms with E-state index in [1.165, 1.54) is 0 Å². The van der Waals surface area contributed by atoms with Gasteiger partial charge in [-0.3, -0.25) is 4.79 Å². The number of benzene rings is 1. The molecule has 0 saturated heterocycles. The molecule has 0 atom stereocenters. The molecule has 0 bridgehead atoms. The molecule has 0 saturated carbocycles. The van der Waals surface area contributed by atoms with E-state index in [0.717, 1.165) is 19.5 Å². The first-order valence-corrected chi connectivity index (χ1v) is 7.29. The summed E-state index contributed by atoms with van der Waals surface area (Å²) in [5.41, 5.74) is 0.798. The maximum atomic E-state index is 11.7. The van der Waals surface area contributed by atoms with Gasteiger partial charge in [0, 0.05) is 26.6 Å². The molecule has 1 aromatic carbocycles. The molecule has 2 aromatic rings. The van der Waals surface area contributed by atoms with Crippen molar-refractivity contribution in [3.63, 3.8) is 0 Å². The normalized spacial score (nSPS) is 10.3. The maximum Gasteiger partial charge on any atom is 0.224 e. The highest BCUT2D eigenvalue weighted by Crippen LogP contribution is 2.23. The van der Waals surface area contributed by atoms with E-state index in [1.807, 2.05) is 30.3 Å². The van der Waals surface area contributed by atoms with E-state index in [2.05, 4.69) is 43.8 Å². The smallest absolute Gasteiger partial charge is 0.224 e. The molecule has 1 N–H and O–H groups in total. The van der Waals surface area contributed by atoms with Crippen molar-refractivity contribution in [2.45, 2.75) is 12.8 Å². The molecular weight excluding hydrogens is 409 g/mol. The van der Waals surface area contributed by atoms with Gasteiger partial charge >= 0.3 is 0 Å². The SMILES string of the molecule is O=C(CCc1ccco1)Nc1ccc(I)c(Br)c1. The molecule has 0 radical (unpaired) electrons. The number of aryl methyl sites for hydroxylation is 1. The molecule has 3 nitrogen and oxygen atoms in total. The molecule has 0 spiro atoms. The molecule has 1 heterocycles. The van der Waals surface area contributed by atoms with E-state index in [-0.39, 0.29) is 5.91 Å². The van der Waals surface area contributed by atoms with Gasteiger partial charge in [-0.15, -0.1) is 0 Å². The van der Waals surface area contributed by atoms with E-state index in [1.54, 1.807) is 6.26 Å². The van der Waals surface area contributed by atoms with Crippen LogP contribution < -0.4 is 5.32 Å². The Kier molecular flexibility index (Phi) is 4.82. The molecule has 0 fully saturated rings. The number of anilines is 1. The maximum absolute atomic E-state index is 11.7.